The van der Waals surface area contributed by atoms with Crippen molar-refractivity contribution in [2.45, 2.75) is 24.4 Å². The maximum absolute atomic E-state index is 12.9. The molecule has 9 nitrogen and oxygen atoms in total. The summed E-state index contributed by atoms with van der Waals surface area (Å²) in [6.45, 7) is 0.999. The van der Waals surface area contributed by atoms with E-state index in [9.17, 15) is 24.3 Å². The molecule has 2 atom stereocenters. The maximum atomic E-state index is 12.9. The van der Waals surface area contributed by atoms with Gasteiger partial charge in [0.1, 0.15) is 17.7 Å². The van der Waals surface area contributed by atoms with E-state index in [1.807, 2.05) is 11.4 Å². The zero-order valence-electron chi connectivity index (χ0n) is 15.1. The van der Waals surface area contributed by atoms with E-state index in [1.165, 1.54) is 37.1 Å². The van der Waals surface area contributed by atoms with Gasteiger partial charge in [-0.25, -0.2) is 4.79 Å². The summed E-state index contributed by atoms with van der Waals surface area (Å²) < 4.78 is 10.3. The molecule has 3 heterocycles. The number of carboxylic acids is 1. The lowest BCUT2D eigenvalue weighted by atomic mass is 9.98. The smallest absolute Gasteiger partial charge is 0.352 e. The Morgan fingerprint density at radius 1 is 1.43 bits per heavy atom. The first kappa shape index (κ1) is 20.4. The van der Waals surface area contributed by atoms with Gasteiger partial charge in [0, 0.05) is 30.2 Å². The molecule has 0 saturated carbocycles. The number of esters is 1. The number of amides is 2. The molecule has 0 aliphatic carbocycles. The molecule has 2 aliphatic heterocycles. The number of fused-ring (bicyclic) bond motifs is 1. The molecule has 0 bridgehead atoms. The minimum atomic E-state index is -1.63. The van der Waals surface area contributed by atoms with Gasteiger partial charge in [0.15, 0.2) is 0 Å². The van der Waals surface area contributed by atoms with Crippen molar-refractivity contribution >= 4 is 46.9 Å². The fourth-order valence-corrected chi connectivity index (χ4v) is 5.19. The highest BCUT2D eigenvalue weighted by molar-refractivity contribution is 8.00. The molecule has 0 spiro atoms. The summed E-state index contributed by atoms with van der Waals surface area (Å²) in [5.41, 5.74) is -1.56. The summed E-state index contributed by atoms with van der Waals surface area (Å²) in [6.07, 6.45) is 0.0901. The first-order valence-electron chi connectivity index (χ1n) is 8.22. The zero-order chi connectivity index (χ0) is 20.5. The molecule has 1 saturated heterocycles. The van der Waals surface area contributed by atoms with Crippen LogP contribution in [0.4, 0.5) is 0 Å². The molecule has 150 valence electrons. The largest absolute Gasteiger partial charge is 0.477 e. The number of carbonyl (C=O) groups excluding carboxylic acids is 3. The molecule has 3 rings (SSSR count). The third-order valence-corrected chi connectivity index (χ3v) is 6.57. The van der Waals surface area contributed by atoms with Crippen LogP contribution in [0.5, 0.6) is 0 Å². The number of β-lactam (4-membered cyclic amide) rings is 1. The quantitative estimate of drug-likeness (QED) is 0.369. The van der Waals surface area contributed by atoms with Crippen molar-refractivity contribution in [2.75, 3.05) is 19.5 Å². The van der Waals surface area contributed by atoms with Gasteiger partial charge in [-0.05, 0) is 11.4 Å². The Hall–Kier alpha value is -2.37. The Balaban J connectivity index is 1.81. The van der Waals surface area contributed by atoms with Gasteiger partial charge in [0.05, 0.1) is 6.42 Å². The van der Waals surface area contributed by atoms with Crippen LogP contribution in [0.3, 0.4) is 0 Å². The lowest BCUT2D eigenvalue weighted by molar-refractivity contribution is -0.192. The number of nitrogens with zero attached hydrogens (tertiary/aromatic N) is 1. The monoisotopic (exact) mass is 426 g/mol. The van der Waals surface area contributed by atoms with Gasteiger partial charge in [0.25, 0.3) is 11.6 Å². The van der Waals surface area contributed by atoms with Gasteiger partial charge >= 0.3 is 11.9 Å². The number of hydrogen-bond acceptors (Lipinski definition) is 8. The van der Waals surface area contributed by atoms with E-state index < -0.39 is 34.9 Å². The van der Waals surface area contributed by atoms with Crippen molar-refractivity contribution in [3.05, 3.63) is 33.7 Å². The molecule has 1 aromatic rings. The summed E-state index contributed by atoms with van der Waals surface area (Å²) in [5.74, 6) is -2.72. The van der Waals surface area contributed by atoms with Gasteiger partial charge < -0.3 is 19.9 Å². The number of methoxy groups -OCH3 is 1. The predicted molar refractivity (Wildman–Crippen MR) is 100 cm³/mol. The number of carboxylic acid groups (broad SMARTS) is 1. The average molecular weight is 426 g/mol. The van der Waals surface area contributed by atoms with E-state index in [-0.39, 0.29) is 24.5 Å². The first-order valence-corrected chi connectivity index (χ1v) is 10.2. The Kier molecular flexibility index (Phi) is 5.77. The van der Waals surface area contributed by atoms with Crippen molar-refractivity contribution in [2.24, 2.45) is 0 Å². The second kappa shape index (κ2) is 7.94. The topological polar surface area (TPSA) is 122 Å². The zero-order valence-corrected chi connectivity index (χ0v) is 16.7. The third-order valence-electron chi connectivity index (χ3n) is 4.32. The predicted octanol–water partition coefficient (Wildman–Crippen LogP) is 0.566. The van der Waals surface area contributed by atoms with Gasteiger partial charge in [-0.3, -0.25) is 19.3 Å². The van der Waals surface area contributed by atoms with Crippen LogP contribution < -0.4 is 5.32 Å². The number of ether oxygens (including phenoxy) is 2. The number of nitrogens with one attached hydrogen (secondary N) is 1. The molecule has 1 fully saturated rings. The van der Waals surface area contributed by atoms with E-state index in [4.69, 9.17) is 9.47 Å². The van der Waals surface area contributed by atoms with E-state index in [2.05, 4.69) is 5.32 Å². The number of thioether (sulfide) groups is 1. The molecule has 28 heavy (non-hydrogen) atoms. The fourth-order valence-electron chi connectivity index (χ4n) is 3.07. The molecule has 11 heteroatoms. The molecule has 2 amide bonds. The van der Waals surface area contributed by atoms with Crippen molar-refractivity contribution in [3.8, 4) is 0 Å². The van der Waals surface area contributed by atoms with Crippen molar-refractivity contribution in [1.29, 1.82) is 0 Å². The lowest BCUT2D eigenvalue weighted by Crippen LogP contribution is -2.80. The van der Waals surface area contributed by atoms with E-state index >= 15 is 0 Å². The summed E-state index contributed by atoms with van der Waals surface area (Å²) in [4.78, 5) is 50.0. The first-order chi connectivity index (χ1) is 13.3. The Labute approximate surface area is 168 Å². The van der Waals surface area contributed by atoms with Gasteiger partial charge in [-0.15, -0.1) is 23.1 Å². The lowest BCUT2D eigenvalue weighted by Gasteiger charge is -2.55. The van der Waals surface area contributed by atoms with Gasteiger partial charge in [0.2, 0.25) is 5.91 Å². The van der Waals surface area contributed by atoms with Crippen LogP contribution >= 0.6 is 23.1 Å². The average Bonchev–Trinajstić information content (AvgIpc) is 3.15. The second-order valence-corrected chi connectivity index (χ2v) is 8.22. The van der Waals surface area contributed by atoms with Gasteiger partial charge in [-0.1, -0.05) is 6.07 Å². The van der Waals surface area contributed by atoms with E-state index in [0.717, 1.165) is 9.78 Å². The van der Waals surface area contributed by atoms with Crippen LogP contribution in [0.15, 0.2) is 28.8 Å². The Bertz CT molecular complexity index is 852. The second-order valence-electron chi connectivity index (χ2n) is 6.12. The number of hydrogen-bond donors (Lipinski definition) is 2. The standard InChI is InChI=1S/C17H18N2O7S2/c1-9(20)26-7-10-8-28-16-17(25-2,15(24)19(16)13(10)14(22)23)18-12(21)6-11-4-3-5-27-11/h3-5,16H,6-8H2,1-2H3,(H,18,21)(H,22,23)/t16-,17+/m1/s1. The molecule has 0 aromatic carbocycles. The maximum Gasteiger partial charge on any atom is 0.352 e. The van der Waals surface area contributed by atoms with Crippen LogP contribution in [0.1, 0.15) is 11.8 Å². The van der Waals surface area contributed by atoms with Crippen LogP contribution in [0, 0.1) is 0 Å². The van der Waals surface area contributed by atoms with Crippen LogP contribution in [-0.2, 0) is 35.1 Å². The highest BCUT2D eigenvalue weighted by Crippen LogP contribution is 2.46. The minimum absolute atomic E-state index is 0.0901. The molecule has 2 aliphatic rings. The van der Waals surface area contributed by atoms with Crippen LogP contribution in [-0.4, -0.2) is 64.3 Å². The summed E-state index contributed by atoms with van der Waals surface area (Å²) in [7, 11) is 1.29. The fraction of sp³-hybridized carbons (Fsp3) is 0.412. The van der Waals surface area contributed by atoms with Crippen molar-refractivity contribution in [3.63, 3.8) is 0 Å². The SMILES string of the molecule is CO[C@@]1(NC(=O)Cc2cccs2)C(=O)N2C(C(=O)O)=C(COC(C)=O)CS[C@@H]21. The van der Waals surface area contributed by atoms with E-state index in [1.54, 1.807) is 6.07 Å². The normalized spacial score (nSPS) is 23.7. The van der Waals surface area contributed by atoms with Crippen LogP contribution in [0.2, 0.25) is 0 Å². The van der Waals surface area contributed by atoms with Crippen molar-refractivity contribution < 1.29 is 33.8 Å². The molecular formula is C17H18N2O7S2. The van der Waals surface area contributed by atoms with E-state index in [0.29, 0.717) is 5.57 Å². The number of thiophene rings is 1. The Morgan fingerprint density at radius 3 is 2.75 bits per heavy atom. The Morgan fingerprint density at radius 2 is 2.18 bits per heavy atom. The van der Waals surface area contributed by atoms with Gasteiger partial charge in [-0.2, -0.15) is 0 Å². The number of rotatable bonds is 7. The third kappa shape index (κ3) is 3.52. The molecule has 2 N–H and O–H groups in total. The highest BCUT2D eigenvalue weighted by Gasteiger charge is 2.66. The minimum Gasteiger partial charge on any atom is -0.477 e. The molecule has 0 unspecified atom stereocenters. The number of aliphatic carboxylic acids is 1. The van der Waals surface area contributed by atoms with Crippen LogP contribution in [0.25, 0.3) is 0 Å². The summed E-state index contributed by atoms with van der Waals surface area (Å²) in [5, 5.41) is 13.3. The number of carbonyl (C=O) groups is 4. The van der Waals surface area contributed by atoms with Crippen molar-refractivity contribution in [1.82, 2.24) is 10.2 Å². The molecular weight excluding hydrogens is 408 g/mol. The molecule has 1 aromatic heterocycles. The molecule has 0 radical (unpaired) electrons. The summed E-state index contributed by atoms with van der Waals surface area (Å²) >= 11 is 2.65. The highest BCUT2D eigenvalue weighted by atomic mass is 32.2. The summed E-state index contributed by atoms with van der Waals surface area (Å²) in [6, 6.07) is 3.63.